The molecule has 1 aromatic heterocycles. The van der Waals surface area contributed by atoms with Crippen molar-refractivity contribution in [3.63, 3.8) is 0 Å². The van der Waals surface area contributed by atoms with Gasteiger partial charge in [-0.1, -0.05) is 18.5 Å². The summed E-state index contributed by atoms with van der Waals surface area (Å²) in [4.78, 5) is 24.9. The number of ether oxygens (including phenoxy) is 1. The Balaban J connectivity index is 2.10. The van der Waals surface area contributed by atoms with Gasteiger partial charge in [0.2, 0.25) is 0 Å². The molecule has 3 N–H and O–H groups in total. The van der Waals surface area contributed by atoms with Crippen molar-refractivity contribution < 1.29 is 14.3 Å². The largest absolute Gasteiger partial charge is 0.484 e. The lowest BCUT2D eigenvalue weighted by Gasteiger charge is -2.10. The van der Waals surface area contributed by atoms with Gasteiger partial charge >= 0.3 is 0 Å². The maximum Gasteiger partial charge on any atom is 0.262 e. The Hall–Kier alpha value is -2.05. The molecule has 7 heteroatoms. The Kier molecular flexibility index (Phi) is 6.08. The first-order valence-corrected chi connectivity index (χ1v) is 9.05. The fourth-order valence-electron chi connectivity index (χ4n) is 2.65. The first-order valence-electron chi connectivity index (χ1n) is 7.86. The standard InChI is InChI=1S/C18H21ClN2O3S/c1-5-13-11(4)25-18(15(13)17(20)23)21-14(22)8-24-12-6-9(2)16(19)10(3)7-12/h6-7H,5,8H2,1-4H3,(H2,20,23)(H,21,22). The monoisotopic (exact) mass is 380 g/mol. The van der Waals surface area contributed by atoms with Crippen LogP contribution in [0.4, 0.5) is 5.00 Å². The summed E-state index contributed by atoms with van der Waals surface area (Å²) in [6.45, 7) is 7.43. The molecule has 5 nitrogen and oxygen atoms in total. The van der Waals surface area contributed by atoms with Crippen molar-refractivity contribution in [3.8, 4) is 5.75 Å². The van der Waals surface area contributed by atoms with E-state index in [9.17, 15) is 9.59 Å². The highest BCUT2D eigenvalue weighted by atomic mass is 35.5. The number of carbonyl (C=O) groups excluding carboxylic acids is 2. The highest BCUT2D eigenvalue weighted by molar-refractivity contribution is 7.16. The van der Waals surface area contributed by atoms with E-state index in [-0.39, 0.29) is 12.5 Å². The Bertz CT molecular complexity index is 807. The topological polar surface area (TPSA) is 81.4 Å². The van der Waals surface area contributed by atoms with Gasteiger partial charge < -0.3 is 15.8 Å². The van der Waals surface area contributed by atoms with Crippen LogP contribution >= 0.6 is 22.9 Å². The summed E-state index contributed by atoms with van der Waals surface area (Å²) in [5, 5.41) is 3.88. The van der Waals surface area contributed by atoms with Crippen LogP contribution in [0.25, 0.3) is 0 Å². The zero-order valence-corrected chi connectivity index (χ0v) is 16.2. The van der Waals surface area contributed by atoms with Crippen LogP contribution in [0.1, 0.15) is 38.8 Å². The minimum absolute atomic E-state index is 0.170. The molecule has 0 aliphatic rings. The molecule has 25 heavy (non-hydrogen) atoms. The van der Waals surface area contributed by atoms with Crippen molar-refractivity contribution in [2.45, 2.75) is 34.1 Å². The van der Waals surface area contributed by atoms with Crippen LogP contribution in [-0.4, -0.2) is 18.4 Å². The molecule has 0 saturated heterocycles. The predicted molar refractivity (Wildman–Crippen MR) is 102 cm³/mol. The van der Waals surface area contributed by atoms with Crippen LogP contribution in [0.2, 0.25) is 5.02 Å². The summed E-state index contributed by atoms with van der Waals surface area (Å²) in [6, 6.07) is 3.56. The van der Waals surface area contributed by atoms with Gasteiger partial charge in [0.05, 0.1) is 5.56 Å². The molecule has 0 aliphatic heterocycles. The van der Waals surface area contributed by atoms with Crippen molar-refractivity contribution in [1.29, 1.82) is 0 Å². The van der Waals surface area contributed by atoms with Crippen LogP contribution in [0.15, 0.2) is 12.1 Å². The Labute approximate surface area is 156 Å². The number of benzene rings is 1. The molecule has 134 valence electrons. The summed E-state index contributed by atoms with van der Waals surface area (Å²) in [7, 11) is 0. The van der Waals surface area contributed by atoms with Crippen LogP contribution in [0.3, 0.4) is 0 Å². The van der Waals surface area contributed by atoms with E-state index in [0.29, 0.717) is 27.8 Å². The average Bonchev–Trinajstić information content (AvgIpc) is 2.85. The third-order valence-corrected chi connectivity index (χ3v) is 5.50. The molecule has 0 fully saturated rings. The third-order valence-electron chi connectivity index (χ3n) is 3.84. The fraction of sp³-hybridized carbons (Fsp3) is 0.333. The summed E-state index contributed by atoms with van der Waals surface area (Å²) in [5.74, 6) is -0.320. The van der Waals surface area contributed by atoms with Crippen LogP contribution in [0, 0.1) is 20.8 Å². The minimum Gasteiger partial charge on any atom is -0.484 e. The van der Waals surface area contributed by atoms with E-state index < -0.39 is 5.91 Å². The lowest BCUT2D eigenvalue weighted by Crippen LogP contribution is -2.22. The summed E-state index contributed by atoms with van der Waals surface area (Å²) >= 11 is 7.47. The number of hydrogen-bond donors (Lipinski definition) is 2. The smallest absolute Gasteiger partial charge is 0.262 e. The number of anilines is 1. The number of carbonyl (C=O) groups is 2. The third kappa shape index (κ3) is 4.32. The van der Waals surface area contributed by atoms with Crippen LogP contribution in [0.5, 0.6) is 5.75 Å². The van der Waals surface area contributed by atoms with E-state index in [1.807, 2.05) is 27.7 Å². The van der Waals surface area contributed by atoms with Gasteiger partial charge in [-0.05, 0) is 56.0 Å². The van der Waals surface area contributed by atoms with Gasteiger partial charge in [-0.3, -0.25) is 9.59 Å². The molecule has 0 radical (unpaired) electrons. The predicted octanol–water partition coefficient (Wildman–Crippen LogP) is 4.01. The number of thiophene rings is 1. The molecule has 0 bridgehead atoms. The molecule has 2 rings (SSSR count). The maximum atomic E-state index is 12.2. The molecule has 0 unspecified atom stereocenters. The zero-order chi connectivity index (χ0) is 18.7. The second-order valence-electron chi connectivity index (χ2n) is 5.77. The number of amides is 2. The number of halogens is 1. The first-order chi connectivity index (χ1) is 11.7. The van der Waals surface area contributed by atoms with E-state index in [1.54, 1.807) is 12.1 Å². The van der Waals surface area contributed by atoms with Gasteiger partial charge in [-0.15, -0.1) is 11.3 Å². The Morgan fingerprint density at radius 2 is 1.84 bits per heavy atom. The summed E-state index contributed by atoms with van der Waals surface area (Å²) < 4.78 is 5.54. The van der Waals surface area contributed by atoms with Crippen molar-refractivity contribution in [2.24, 2.45) is 5.73 Å². The highest BCUT2D eigenvalue weighted by Gasteiger charge is 2.20. The second kappa shape index (κ2) is 7.89. The van der Waals surface area contributed by atoms with Crippen molar-refractivity contribution in [2.75, 3.05) is 11.9 Å². The minimum atomic E-state index is -0.540. The van der Waals surface area contributed by atoms with Crippen molar-refractivity contribution >= 4 is 39.8 Å². The number of nitrogens with one attached hydrogen (secondary N) is 1. The van der Waals surface area contributed by atoms with Gasteiger partial charge in [-0.2, -0.15) is 0 Å². The van der Waals surface area contributed by atoms with Gasteiger partial charge in [-0.25, -0.2) is 0 Å². The molecule has 1 heterocycles. The number of nitrogens with two attached hydrogens (primary N) is 1. The lowest BCUT2D eigenvalue weighted by atomic mass is 10.1. The zero-order valence-electron chi connectivity index (χ0n) is 14.7. The molecule has 0 spiro atoms. The second-order valence-corrected chi connectivity index (χ2v) is 7.37. The molecular formula is C18H21ClN2O3S. The fourth-order valence-corrected chi connectivity index (χ4v) is 3.93. The normalized spacial score (nSPS) is 10.6. The van der Waals surface area contributed by atoms with Crippen molar-refractivity contribution in [3.05, 3.63) is 44.3 Å². The molecule has 2 aromatic rings. The molecule has 0 aliphatic carbocycles. The van der Waals surface area contributed by atoms with Gasteiger partial charge in [0, 0.05) is 9.90 Å². The lowest BCUT2D eigenvalue weighted by molar-refractivity contribution is -0.118. The number of aryl methyl sites for hydroxylation is 3. The number of primary amides is 1. The average molecular weight is 381 g/mol. The molecular weight excluding hydrogens is 360 g/mol. The number of rotatable bonds is 6. The van der Waals surface area contributed by atoms with Crippen LogP contribution < -0.4 is 15.8 Å². The molecule has 0 atom stereocenters. The summed E-state index contributed by atoms with van der Waals surface area (Å²) in [5.41, 5.74) is 8.49. The van der Waals surface area contributed by atoms with Crippen LogP contribution in [-0.2, 0) is 11.2 Å². The molecule has 1 aromatic carbocycles. The Morgan fingerprint density at radius 3 is 2.36 bits per heavy atom. The van der Waals surface area contributed by atoms with E-state index in [2.05, 4.69) is 5.32 Å². The van der Waals surface area contributed by atoms with E-state index >= 15 is 0 Å². The quantitative estimate of drug-likeness (QED) is 0.794. The van der Waals surface area contributed by atoms with Gasteiger partial charge in [0.25, 0.3) is 11.8 Å². The van der Waals surface area contributed by atoms with E-state index in [4.69, 9.17) is 22.1 Å². The first kappa shape index (κ1) is 19.3. The van der Waals surface area contributed by atoms with Gasteiger partial charge in [0.1, 0.15) is 10.8 Å². The van der Waals surface area contributed by atoms with Crippen molar-refractivity contribution in [1.82, 2.24) is 0 Å². The molecule has 0 saturated carbocycles. The van der Waals surface area contributed by atoms with E-state index in [0.717, 1.165) is 21.6 Å². The molecule has 2 amide bonds. The highest BCUT2D eigenvalue weighted by Crippen LogP contribution is 2.33. The van der Waals surface area contributed by atoms with E-state index in [1.165, 1.54) is 11.3 Å². The number of hydrogen-bond acceptors (Lipinski definition) is 4. The van der Waals surface area contributed by atoms with Gasteiger partial charge in [0.15, 0.2) is 6.61 Å². The summed E-state index contributed by atoms with van der Waals surface area (Å²) in [6.07, 6.45) is 0.677. The Morgan fingerprint density at radius 1 is 1.24 bits per heavy atom. The SMILES string of the molecule is CCc1c(C)sc(NC(=O)COc2cc(C)c(Cl)c(C)c2)c1C(N)=O. The maximum absolute atomic E-state index is 12.2.